The zero-order chi connectivity index (χ0) is 11.2. The standard InChI is InChI=1S/C12H7N4S/c1-3-7-11-9(5-1)10-6-2-4-8-12(10)16-15(11)13-14-17-16/h1-7H. The SMILES string of the molecule is [c]1cccc2c1N1SN=NN1c1ccccc1-2. The molecule has 0 saturated carbocycles. The molecule has 1 radical (unpaired) electrons. The molecule has 81 valence electrons. The van der Waals surface area contributed by atoms with Crippen LogP contribution in [0.4, 0.5) is 11.4 Å². The van der Waals surface area contributed by atoms with E-state index >= 15 is 0 Å². The molecule has 0 bridgehead atoms. The van der Waals surface area contributed by atoms with Crippen molar-refractivity contribution in [1.82, 2.24) is 0 Å². The van der Waals surface area contributed by atoms with Gasteiger partial charge >= 0.3 is 0 Å². The van der Waals surface area contributed by atoms with Gasteiger partial charge in [0.15, 0.2) is 0 Å². The van der Waals surface area contributed by atoms with E-state index in [1.54, 1.807) is 5.12 Å². The first-order valence-electron chi connectivity index (χ1n) is 5.23. The summed E-state index contributed by atoms with van der Waals surface area (Å²) in [5.41, 5.74) is 4.38. The van der Waals surface area contributed by atoms with E-state index in [-0.39, 0.29) is 0 Å². The van der Waals surface area contributed by atoms with Crippen LogP contribution in [0.5, 0.6) is 0 Å². The van der Waals surface area contributed by atoms with Crippen molar-refractivity contribution in [2.75, 3.05) is 9.53 Å². The summed E-state index contributed by atoms with van der Waals surface area (Å²) in [6.07, 6.45) is 0. The number of nitrogens with zero attached hydrogens (tertiary/aromatic N) is 4. The molecular weight excluding hydrogens is 232 g/mol. The van der Waals surface area contributed by atoms with E-state index in [0.717, 1.165) is 16.9 Å². The van der Waals surface area contributed by atoms with Gasteiger partial charge in [-0.3, -0.25) is 0 Å². The van der Waals surface area contributed by atoms with Crippen LogP contribution in [-0.4, -0.2) is 0 Å². The van der Waals surface area contributed by atoms with Gasteiger partial charge in [0.1, 0.15) is 12.1 Å². The van der Waals surface area contributed by atoms with Crippen LogP contribution in [0.3, 0.4) is 0 Å². The Hall–Kier alpha value is -2.01. The van der Waals surface area contributed by atoms with Gasteiger partial charge in [0, 0.05) is 17.2 Å². The Balaban J connectivity index is 2.06. The molecule has 17 heavy (non-hydrogen) atoms. The third-order valence-corrected chi connectivity index (χ3v) is 3.48. The third-order valence-electron chi connectivity index (χ3n) is 2.84. The molecule has 4 rings (SSSR count). The fraction of sp³-hybridized carbons (Fsp3) is 0. The Morgan fingerprint density at radius 2 is 1.94 bits per heavy atom. The molecule has 2 aliphatic rings. The zero-order valence-electron chi connectivity index (χ0n) is 8.74. The van der Waals surface area contributed by atoms with Crippen LogP contribution in [0.2, 0.25) is 0 Å². The second-order valence-corrected chi connectivity index (χ2v) is 4.44. The number of benzene rings is 2. The molecule has 2 aliphatic heterocycles. The maximum atomic E-state index is 4.13. The minimum Gasteiger partial charge on any atom is -0.180 e. The van der Waals surface area contributed by atoms with E-state index in [1.165, 1.54) is 17.7 Å². The monoisotopic (exact) mass is 239 g/mol. The van der Waals surface area contributed by atoms with Crippen molar-refractivity contribution in [3.05, 3.63) is 48.5 Å². The van der Waals surface area contributed by atoms with Gasteiger partial charge in [0.05, 0.1) is 11.4 Å². The lowest BCUT2D eigenvalue weighted by Gasteiger charge is -2.32. The molecule has 0 aromatic heterocycles. The van der Waals surface area contributed by atoms with Crippen molar-refractivity contribution in [2.45, 2.75) is 0 Å². The molecule has 2 aromatic rings. The van der Waals surface area contributed by atoms with Crippen molar-refractivity contribution in [3.63, 3.8) is 0 Å². The fourth-order valence-corrected chi connectivity index (χ4v) is 2.71. The van der Waals surface area contributed by atoms with Gasteiger partial charge < -0.3 is 0 Å². The van der Waals surface area contributed by atoms with Crippen LogP contribution in [0.15, 0.2) is 52.2 Å². The molecule has 0 unspecified atom stereocenters. The molecule has 0 saturated heterocycles. The molecule has 2 heterocycles. The highest BCUT2D eigenvalue weighted by Gasteiger charge is 2.32. The molecule has 0 N–H and O–H groups in total. The minimum absolute atomic E-state index is 1.00. The molecular formula is C12H7N4S. The molecule has 2 aromatic carbocycles. The topological polar surface area (TPSA) is 31.2 Å². The first-order valence-corrected chi connectivity index (χ1v) is 5.96. The molecule has 0 aliphatic carbocycles. The van der Waals surface area contributed by atoms with Crippen LogP contribution >= 0.6 is 12.1 Å². The van der Waals surface area contributed by atoms with Gasteiger partial charge in [-0.15, -0.1) is 5.12 Å². The van der Waals surface area contributed by atoms with E-state index in [0.29, 0.717) is 0 Å². The van der Waals surface area contributed by atoms with Gasteiger partial charge in [-0.2, -0.15) is 4.41 Å². The van der Waals surface area contributed by atoms with Crippen molar-refractivity contribution in [2.24, 2.45) is 9.74 Å². The Kier molecular flexibility index (Phi) is 1.73. The molecule has 4 nitrogen and oxygen atoms in total. The lowest BCUT2D eigenvalue weighted by molar-refractivity contribution is 0.901. The number of hydrogen-bond acceptors (Lipinski definition) is 5. The summed E-state index contributed by atoms with van der Waals surface area (Å²) in [6.45, 7) is 0. The minimum atomic E-state index is 1.00. The van der Waals surface area contributed by atoms with Crippen molar-refractivity contribution < 1.29 is 0 Å². The van der Waals surface area contributed by atoms with Gasteiger partial charge in [-0.25, -0.2) is 0 Å². The molecule has 0 atom stereocenters. The summed E-state index contributed by atoms with van der Waals surface area (Å²) < 4.78 is 5.94. The number of para-hydroxylation sites is 2. The zero-order valence-corrected chi connectivity index (χ0v) is 9.56. The van der Waals surface area contributed by atoms with Crippen molar-refractivity contribution in [1.29, 1.82) is 0 Å². The normalized spacial score (nSPS) is 15.5. The number of hydrazine groups is 1. The largest absolute Gasteiger partial charge is 0.180 e. The summed E-state index contributed by atoms with van der Waals surface area (Å²) in [4.78, 5) is 0. The molecule has 0 amide bonds. The van der Waals surface area contributed by atoms with Gasteiger partial charge in [-0.1, -0.05) is 40.9 Å². The predicted octanol–water partition coefficient (Wildman–Crippen LogP) is 3.64. The number of hydrogen-bond donors (Lipinski definition) is 0. The highest BCUT2D eigenvalue weighted by molar-refractivity contribution is 7.99. The fourth-order valence-electron chi connectivity index (χ4n) is 2.12. The van der Waals surface area contributed by atoms with E-state index in [1.807, 2.05) is 34.7 Å². The molecule has 5 heteroatoms. The Morgan fingerprint density at radius 1 is 1.06 bits per heavy atom. The van der Waals surface area contributed by atoms with E-state index < -0.39 is 0 Å². The van der Waals surface area contributed by atoms with Crippen LogP contribution in [-0.2, 0) is 0 Å². The lowest BCUT2D eigenvalue weighted by Crippen LogP contribution is -2.33. The van der Waals surface area contributed by atoms with Gasteiger partial charge in [0.2, 0.25) is 0 Å². The van der Waals surface area contributed by atoms with Crippen molar-refractivity contribution in [3.8, 4) is 11.1 Å². The van der Waals surface area contributed by atoms with Crippen molar-refractivity contribution >= 4 is 23.5 Å². The highest BCUT2D eigenvalue weighted by Crippen LogP contribution is 2.48. The number of fused-ring (bicyclic) bond motifs is 6. The Bertz CT molecular complexity index is 625. The third kappa shape index (κ3) is 1.14. The second kappa shape index (κ2) is 3.24. The Labute approximate surface area is 103 Å². The van der Waals surface area contributed by atoms with Gasteiger partial charge in [0.25, 0.3) is 0 Å². The first-order chi connectivity index (χ1) is 8.45. The first kappa shape index (κ1) is 9.07. The van der Waals surface area contributed by atoms with E-state index in [4.69, 9.17) is 0 Å². The number of rotatable bonds is 0. The number of anilines is 2. The highest BCUT2D eigenvalue weighted by atomic mass is 32.2. The molecule has 0 fully saturated rings. The summed E-state index contributed by atoms with van der Waals surface area (Å²) in [5, 5.41) is 5.93. The second-order valence-electron chi connectivity index (χ2n) is 3.76. The van der Waals surface area contributed by atoms with Crippen LogP contribution in [0, 0.1) is 6.07 Å². The summed E-state index contributed by atoms with van der Waals surface area (Å²) in [5.74, 6) is 0. The Morgan fingerprint density at radius 3 is 2.94 bits per heavy atom. The predicted molar refractivity (Wildman–Crippen MR) is 68.1 cm³/mol. The lowest BCUT2D eigenvalue weighted by atomic mass is 10.0. The maximum Gasteiger partial charge on any atom is 0.141 e. The maximum absolute atomic E-state index is 4.13. The average molecular weight is 239 g/mol. The molecule has 0 spiro atoms. The van der Waals surface area contributed by atoms with Gasteiger partial charge in [-0.05, 0) is 11.3 Å². The van der Waals surface area contributed by atoms with Crippen LogP contribution in [0.1, 0.15) is 0 Å². The smallest absolute Gasteiger partial charge is 0.141 e. The van der Waals surface area contributed by atoms with Crippen LogP contribution < -0.4 is 9.53 Å². The quantitative estimate of drug-likeness (QED) is 0.658. The van der Waals surface area contributed by atoms with E-state index in [2.05, 4.69) is 27.9 Å². The summed E-state index contributed by atoms with van der Waals surface area (Å²) in [7, 11) is 0. The van der Waals surface area contributed by atoms with E-state index in [9.17, 15) is 0 Å². The summed E-state index contributed by atoms with van der Waals surface area (Å²) in [6, 6.07) is 17.4. The summed E-state index contributed by atoms with van der Waals surface area (Å²) >= 11 is 1.32. The van der Waals surface area contributed by atoms with Crippen LogP contribution in [0.25, 0.3) is 11.1 Å². The average Bonchev–Trinajstić information content (AvgIpc) is 2.89.